The lowest BCUT2D eigenvalue weighted by atomic mass is 10.7. The van der Waals surface area contributed by atoms with E-state index in [4.69, 9.17) is 23.2 Å². The third-order valence-electron chi connectivity index (χ3n) is 0.611. The van der Waals surface area contributed by atoms with Crippen LogP contribution < -0.4 is 0 Å². The molecule has 0 bridgehead atoms. The summed E-state index contributed by atoms with van der Waals surface area (Å²) in [5, 5.41) is 0. The quantitative estimate of drug-likeness (QED) is 0.579. The van der Waals surface area contributed by atoms with E-state index in [1.807, 2.05) is 0 Å². The van der Waals surface area contributed by atoms with Crippen molar-refractivity contribution in [1.82, 2.24) is 0 Å². The van der Waals surface area contributed by atoms with E-state index in [-0.39, 0.29) is 6.61 Å². The Morgan fingerprint density at radius 3 is 2.00 bits per heavy atom. The molecule has 8 heavy (non-hydrogen) atoms. The number of hydrogen-bond acceptors (Lipinski definition) is 2. The van der Waals surface area contributed by atoms with Gasteiger partial charge in [0.2, 0.25) is 4.52 Å². The molecule has 0 aliphatic rings. The van der Waals surface area contributed by atoms with Crippen molar-refractivity contribution < 1.29 is 9.47 Å². The summed E-state index contributed by atoms with van der Waals surface area (Å²) in [5.41, 5.74) is 0. The van der Waals surface area contributed by atoms with Gasteiger partial charge in [0.1, 0.15) is 6.61 Å². The van der Waals surface area contributed by atoms with Gasteiger partial charge >= 0.3 is 0 Å². The topological polar surface area (TPSA) is 18.5 Å². The Hall–Kier alpha value is 0.500. The van der Waals surface area contributed by atoms with Crippen LogP contribution >= 0.6 is 23.2 Å². The second-order valence-electron chi connectivity index (χ2n) is 1.27. The van der Waals surface area contributed by atoms with Gasteiger partial charge in [-0.05, 0) is 0 Å². The van der Waals surface area contributed by atoms with Gasteiger partial charge in [0.25, 0.3) is 0 Å². The molecule has 4 heteroatoms. The molecule has 0 rings (SSSR count). The summed E-state index contributed by atoms with van der Waals surface area (Å²) in [6.07, 6.45) is 0. The molecule has 0 aliphatic heterocycles. The number of rotatable bonds is 3. The summed E-state index contributed by atoms with van der Waals surface area (Å²) in [6.45, 7) is 0.173. The zero-order valence-electron chi connectivity index (χ0n) is 4.78. The molecule has 0 aromatic carbocycles. The molecule has 0 unspecified atom stereocenters. The summed E-state index contributed by atoms with van der Waals surface area (Å²) < 4.78 is 8.01. The van der Waals surface area contributed by atoms with Gasteiger partial charge < -0.3 is 9.47 Å². The molecule has 50 valence electrons. The van der Waals surface area contributed by atoms with Crippen LogP contribution in [0.15, 0.2) is 0 Å². The van der Waals surface area contributed by atoms with Gasteiger partial charge in [0.15, 0.2) is 0 Å². The fourth-order valence-corrected chi connectivity index (χ4v) is 0.445. The van der Waals surface area contributed by atoms with Gasteiger partial charge in [-0.1, -0.05) is 23.2 Å². The minimum Gasteiger partial charge on any atom is -0.379 e. The van der Waals surface area contributed by atoms with Crippen molar-refractivity contribution in [2.75, 3.05) is 20.8 Å². The van der Waals surface area contributed by atoms with Crippen LogP contribution in [0.3, 0.4) is 0 Å². The van der Waals surface area contributed by atoms with Crippen LogP contribution in [0, 0.1) is 0 Å². The summed E-state index contributed by atoms with van der Waals surface area (Å²) in [5.74, 6) is 0. The Morgan fingerprint density at radius 1 is 1.38 bits per heavy atom. The lowest BCUT2D eigenvalue weighted by Gasteiger charge is -2.14. The fraction of sp³-hybridized carbons (Fsp3) is 1.00. The highest BCUT2D eigenvalue weighted by Gasteiger charge is 2.21. The lowest BCUT2D eigenvalue weighted by molar-refractivity contribution is 0.0505. The summed E-state index contributed by atoms with van der Waals surface area (Å²) >= 11 is 10.9. The summed E-state index contributed by atoms with van der Waals surface area (Å²) in [7, 11) is 2.91. The fourth-order valence-electron chi connectivity index (χ4n) is 0.227. The number of ether oxygens (including phenoxy) is 2. The van der Waals surface area contributed by atoms with Gasteiger partial charge in [-0.2, -0.15) is 0 Å². The molecular weight excluding hydrogens is 151 g/mol. The van der Waals surface area contributed by atoms with Crippen molar-refractivity contribution in [2.45, 2.75) is 4.52 Å². The maximum absolute atomic E-state index is 5.44. The minimum absolute atomic E-state index is 0.173. The maximum atomic E-state index is 5.44. The summed E-state index contributed by atoms with van der Waals surface area (Å²) in [4.78, 5) is 0. The van der Waals surface area contributed by atoms with Crippen LogP contribution in [0.1, 0.15) is 0 Å². The van der Waals surface area contributed by atoms with Crippen molar-refractivity contribution in [1.29, 1.82) is 0 Å². The maximum Gasteiger partial charge on any atom is 0.240 e. The van der Waals surface area contributed by atoms with E-state index in [0.717, 1.165) is 0 Å². The van der Waals surface area contributed by atoms with E-state index in [2.05, 4.69) is 9.47 Å². The average Bonchev–Trinajstić information content (AvgIpc) is 1.67. The van der Waals surface area contributed by atoms with Crippen LogP contribution in [-0.4, -0.2) is 25.3 Å². The Kier molecular flexibility index (Phi) is 3.73. The highest BCUT2D eigenvalue weighted by Crippen LogP contribution is 2.20. The highest BCUT2D eigenvalue weighted by molar-refractivity contribution is 6.47. The van der Waals surface area contributed by atoms with E-state index < -0.39 is 4.52 Å². The monoisotopic (exact) mass is 158 g/mol. The standard InChI is InChI=1S/C4H8Cl2O2/c1-7-3-4(5,6)8-2/h3H2,1-2H3. The van der Waals surface area contributed by atoms with E-state index >= 15 is 0 Å². The van der Waals surface area contributed by atoms with Gasteiger partial charge in [0.05, 0.1) is 0 Å². The van der Waals surface area contributed by atoms with E-state index in [0.29, 0.717) is 0 Å². The number of halogens is 2. The third kappa shape index (κ3) is 3.50. The number of alkyl halides is 2. The SMILES string of the molecule is COCC(Cl)(Cl)OC. The van der Waals surface area contributed by atoms with E-state index in [1.54, 1.807) is 0 Å². The van der Waals surface area contributed by atoms with Crippen molar-refractivity contribution in [2.24, 2.45) is 0 Å². The molecule has 0 aromatic rings. The number of hydrogen-bond donors (Lipinski definition) is 0. The average molecular weight is 159 g/mol. The smallest absolute Gasteiger partial charge is 0.240 e. The minimum atomic E-state index is -1.19. The zero-order valence-corrected chi connectivity index (χ0v) is 6.29. The highest BCUT2D eigenvalue weighted by atomic mass is 35.5. The molecule has 0 aliphatic carbocycles. The Morgan fingerprint density at radius 2 is 1.88 bits per heavy atom. The second kappa shape index (κ2) is 3.51. The van der Waals surface area contributed by atoms with Crippen LogP contribution in [0.5, 0.6) is 0 Å². The van der Waals surface area contributed by atoms with Crippen LogP contribution in [0.2, 0.25) is 0 Å². The molecule has 0 saturated heterocycles. The van der Waals surface area contributed by atoms with Crippen LogP contribution in [-0.2, 0) is 9.47 Å². The molecule has 0 N–H and O–H groups in total. The first-order valence-electron chi connectivity index (χ1n) is 2.04. The normalized spacial score (nSPS) is 12.0. The largest absolute Gasteiger partial charge is 0.379 e. The predicted octanol–water partition coefficient (Wildman–Crippen LogP) is 1.41. The molecule has 0 aromatic heterocycles. The Labute approximate surface area is 58.7 Å². The first-order chi connectivity index (χ1) is 3.62. The molecular formula is C4H8Cl2O2. The number of methoxy groups -OCH3 is 2. The molecule has 2 nitrogen and oxygen atoms in total. The molecule has 0 amide bonds. The molecule has 0 heterocycles. The second-order valence-corrected chi connectivity index (χ2v) is 2.69. The van der Waals surface area contributed by atoms with E-state index in [1.165, 1.54) is 14.2 Å². The van der Waals surface area contributed by atoms with E-state index in [9.17, 15) is 0 Å². The lowest BCUT2D eigenvalue weighted by Crippen LogP contribution is -2.21. The van der Waals surface area contributed by atoms with Crippen molar-refractivity contribution in [3.63, 3.8) is 0 Å². The first kappa shape index (κ1) is 8.50. The Balaban J connectivity index is 3.37. The summed E-state index contributed by atoms with van der Waals surface area (Å²) in [6, 6.07) is 0. The van der Waals surface area contributed by atoms with Gasteiger partial charge in [0, 0.05) is 14.2 Å². The van der Waals surface area contributed by atoms with Gasteiger partial charge in [-0.15, -0.1) is 0 Å². The molecule has 0 atom stereocenters. The third-order valence-corrected chi connectivity index (χ3v) is 1.14. The first-order valence-corrected chi connectivity index (χ1v) is 2.80. The van der Waals surface area contributed by atoms with Gasteiger partial charge in [-0.25, -0.2) is 0 Å². The molecule has 0 fully saturated rings. The van der Waals surface area contributed by atoms with Crippen molar-refractivity contribution in [3.8, 4) is 0 Å². The molecule has 0 saturated carbocycles. The molecule has 0 spiro atoms. The Bertz CT molecular complexity index is 65.1. The van der Waals surface area contributed by atoms with Crippen LogP contribution in [0.25, 0.3) is 0 Å². The van der Waals surface area contributed by atoms with Crippen molar-refractivity contribution >= 4 is 23.2 Å². The molecule has 0 radical (unpaired) electrons. The van der Waals surface area contributed by atoms with Gasteiger partial charge in [-0.3, -0.25) is 0 Å². The van der Waals surface area contributed by atoms with Crippen molar-refractivity contribution in [3.05, 3.63) is 0 Å². The van der Waals surface area contributed by atoms with Crippen LogP contribution in [0.4, 0.5) is 0 Å². The zero-order chi connectivity index (χ0) is 6.62. The predicted molar refractivity (Wildman–Crippen MR) is 33.3 cm³/mol.